The monoisotopic (exact) mass is 261 g/mol. The van der Waals surface area contributed by atoms with Crippen LogP contribution in [-0.2, 0) is 16.6 Å². The van der Waals surface area contributed by atoms with Gasteiger partial charge in [0.25, 0.3) is 0 Å². The van der Waals surface area contributed by atoms with Gasteiger partial charge in [0, 0.05) is 18.0 Å². The number of benzene rings is 1. The van der Waals surface area contributed by atoms with Crippen molar-refractivity contribution in [1.82, 2.24) is 4.98 Å². The van der Waals surface area contributed by atoms with Crippen LogP contribution in [0.15, 0.2) is 41.9 Å². The standard InChI is InChI=1S/C14H15NO2S/c1-2-14(13(16)17,10-12-15-8-9-18-12)11-6-4-3-5-7-11/h3-9H,2,10H2,1H3,(H,16,17). The Morgan fingerprint density at radius 1 is 1.39 bits per heavy atom. The summed E-state index contributed by atoms with van der Waals surface area (Å²) in [6, 6.07) is 9.42. The maximum atomic E-state index is 11.8. The number of aromatic nitrogens is 1. The van der Waals surface area contributed by atoms with Gasteiger partial charge in [-0.2, -0.15) is 0 Å². The predicted molar refractivity (Wildman–Crippen MR) is 71.9 cm³/mol. The Morgan fingerprint density at radius 3 is 2.61 bits per heavy atom. The number of hydrogen-bond donors (Lipinski definition) is 1. The molecular weight excluding hydrogens is 246 g/mol. The van der Waals surface area contributed by atoms with Crippen molar-refractivity contribution in [1.29, 1.82) is 0 Å². The Hall–Kier alpha value is -1.68. The Morgan fingerprint density at radius 2 is 2.11 bits per heavy atom. The van der Waals surface area contributed by atoms with Gasteiger partial charge < -0.3 is 5.11 Å². The smallest absolute Gasteiger partial charge is 0.314 e. The summed E-state index contributed by atoms with van der Waals surface area (Å²) in [7, 11) is 0. The molecule has 0 spiro atoms. The minimum Gasteiger partial charge on any atom is -0.481 e. The molecule has 0 saturated heterocycles. The molecule has 1 aromatic carbocycles. The maximum Gasteiger partial charge on any atom is 0.314 e. The van der Waals surface area contributed by atoms with E-state index in [9.17, 15) is 9.90 Å². The van der Waals surface area contributed by atoms with Crippen LogP contribution in [0.2, 0.25) is 0 Å². The van der Waals surface area contributed by atoms with E-state index >= 15 is 0 Å². The van der Waals surface area contributed by atoms with E-state index in [4.69, 9.17) is 0 Å². The van der Waals surface area contributed by atoms with Crippen molar-refractivity contribution < 1.29 is 9.90 Å². The highest BCUT2D eigenvalue weighted by atomic mass is 32.1. The highest BCUT2D eigenvalue weighted by Gasteiger charge is 2.39. The molecule has 1 atom stereocenters. The molecule has 0 saturated carbocycles. The van der Waals surface area contributed by atoms with Crippen LogP contribution in [0.3, 0.4) is 0 Å². The van der Waals surface area contributed by atoms with Gasteiger partial charge in [-0.15, -0.1) is 11.3 Å². The van der Waals surface area contributed by atoms with E-state index in [2.05, 4.69) is 4.98 Å². The van der Waals surface area contributed by atoms with Crippen LogP contribution < -0.4 is 0 Å². The molecule has 2 rings (SSSR count). The van der Waals surface area contributed by atoms with Crippen LogP contribution >= 0.6 is 11.3 Å². The zero-order chi connectivity index (χ0) is 13.0. The summed E-state index contributed by atoms with van der Waals surface area (Å²) in [4.78, 5) is 16.0. The van der Waals surface area contributed by atoms with E-state index in [1.54, 1.807) is 6.20 Å². The number of carbonyl (C=O) groups is 1. The van der Waals surface area contributed by atoms with Gasteiger partial charge in [0.1, 0.15) is 0 Å². The summed E-state index contributed by atoms with van der Waals surface area (Å²) < 4.78 is 0. The number of rotatable bonds is 5. The molecular formula is C14H15NO2S. The molecule has 1 aromatic heterocycles. The van der Waals surface area contributed by atoms with Crippen LogP contribution in [0, 0.1) is 0 Å². The van der Waals surface area contributed by atoms with Crippen LogP contribution in [0.25, 0.3) is 0 Å². The van der Waals surface area contributed by atoms with Crippen molar-refractivity contribution in [3.05, 3.63) is 52.5 Å². The lowest BCUT2D eigenvalue weighted by Crippen LogP contribution is -2.37. The lowest BCUT2D eigenvalue weighted by Gasteiger charge is -2.27. The molecule has 0 bridgehead atoms. The first-order valence-corrected chi connectivity index (χ1v) is 6.74. The summed E-state index contributed by atoms with van der Waals surface area (Å²) in [6.07, 6.45) is 2.71. The third-order valence-corrected chi connectivity index (χ3v) is 4.06. The lowest BCUT2D eigenvalue weighted by molar-refractivity contribution is -0.144. The zero-order valence-corrected chi connectivity index (χ0v) is 11.0. The third kappa shape index (κ3) is 2.29. The first-order chi connectivity index (χ1) is 8.69. The predicted octanol–water partition coefficient (Wildman–Crippen LogP) is 3.12. The molecule has 0 fully saturated rings. The largest absolute Gasteiger partial charge is 0.481 e. The summed E-state index contributed by atoms with van der Waals surface area (Å²) in [5, 5.41) is 12.4. The maximum absolute atomic E-state index is 11.8. The van der Waals surface area contributed by atoms with E-state index in [1.807, 2.05) is 42.6 Å². The van der Waals surface area contributed by atoms with Crippen molar-refractivity contribution in [2.24, 2.45) is 0 Å². The van der Waals surface area contributed by atoms with Crippen LogP contribution in [-0.4, -0.2) is 16.1 Å². The van der Waals surface area contributed by atoms with Gasteiger partial charge in [0.2, 0.25) is 0 Å². The topological polar surface area (TPSA) is 50.2 Å². The van der Waals surface area contributed by atoms with E-state index in [0.717, 1.165) is 10.6 Å². The number of thiazole rings is 1. The molecule has 0 radical (unpaired) electrons. The van der Waals surface area contributed by atoms with Gasteiger partial charge >= 0.3 is 5.97 Å². The minimum atomic E-state index is -0.876. The Bertz CT molecular complexity index is 510. The summed E-state index contributed by atoms with van der Waals surface area (Å²) in [5.41, 5.74) is -0.0331. The second-order valence-corrected chi connectivity index (χ2v) is 5.19. The number of nitrogens with zero attached hydrogens (tertiary/aromatic N) is 1. The molecule has 0 aliphatic rings. The molecule has 0 aliphatic carbocycles. The molecule has 94 valence electrons. The van der Waals surface area contributed by atoms with E-state index < -0.39 is 11.4 Å². The number of carboxylic acid groups (broad SMARTS) is 1. The van der Waals surface area contributed by atoms with Gasteiger partial charge in [0.05, 0.1) is 10.4 Å². The Labute approximate surface area is 110 Å². The second-order valence-electron chi connectivity index (χ2n) is 4.21. The van der Waals surface area contributed by atoms with Crippen LogP contribution in [0.5, 0.6) is 0 Å². The molecule has 0 amide bonds. The van der Waals surface area contributed by atoms with E-state index in [0.29, 0.717) is 12.8 Å². The van der Waals surface area contributed by atoms with E-state index in [-0.39, 0.29) is 0 Å². The quantitative estimate of drug-likeness (QED) is 0.899. The average Bonchev–Trinajstić information content (AvgIpc) is 2.89. The molecule has 1 N–H and O–H groups in total. The lowest BCUT2D eigenvalue weighted by atomic mass is 9.75. The van der Waals surface area contributed by atoms with Crippen LogP contribution in [0.1, 0.15) is 23.9 Å². The fourth-order valence-electron chi connectivity index (χ4n) is 2.14. The molecule has 0 aliphatic heterocycles. The Balaban J connectivity index is 2.43. The molecule has 4 heteroatoms. The first-order valence-electron chi connectivity index (χ1n) is 5.86. The summed E-state index contributed by atoms with van der Waals surface area (Å²) in [6.45, 7) is 1.91. The van der Waals surface area contributed by atoms with Gasteiger partial charge in [-0.25, -0.2) is 4.98 Å². The van der Waals surface area contributed by atoms with Gasteiger partial charge in [-0.3, -0.25) is 4.79 Å². The van der Waals surface area contributed by atoms with Crippen molar-refractivity contribution in [3.63, 3.8) is 0 Å². The van der Waals surface area contributed by atoms with Crippen molar-refractivity contribution in [3.8, 4) is 0 Å². The molecule has 1 heterocycles. The SMILES string of the molecule is CCC(Cc1nccs1)(C(=O)O)c1ccccc1. The van der Waals surface area contributed by atoms with Crippen molar-refractivity contribution >= 4 is 17.3 Å². The molecule has 1 unspecified atom stereocenters. The van der Waals surface area contributed by atoms with Crippen molar-refractivity contribution in [2.75, 3.05) is 0 Å². The molecule has 18 heavy (non-hydrogen) atoms. The summed E-state index contributed by atoms with van der Waals surface area (Å²) >= 11 is 1.50. The Kier molecular flexibility index (Phi) is 3.77. The zero-order valence-electron chi connectivity index (χ0n) is 10.2. The van der Waals surface area contributed by atoms with Crippen molar-refractivity contribution in [2.45, 2.75) is 25.2 Å². The highest BCUT2D eigenvalue weighted by Crippen LogP contribution is 2.33. The van der Waals surface area contributed by atoms with Gasteiger partial charge in [0.15, 0.2) is 0 Å². The first kappa shape index (κ1) is 12.8. The minimum absolute atomic E-state index is 0.445. The normalized spacial score (nSPS) is 14.1. The molecule has 3 nitrogen and oxygen atoms in total. The highest BCUT2D eigenvalue weighted by molar-refractivity contribution is 7.09. The van der Waals surface area contributed by atoms with E-state index in [1.165, 1.54) is 11.3 Å². The van der Waals surface area contributed by atoms with Gasteiger partial charge in [-0.05, 0) is 12.0 Å². The second kappa shape index (κ2) is 5.31. The fraction of sp³-hybridized carbons (Fsp3) is 0.286. The fourth-order valence-corrected chi connectivity index (χ4v) is 2.87. The third-order valence-electron chi connectivity index (χ3n) is 3.28. The summed E-state index contributed by atoms with van der Waals surface area (Å²) in [5.74, 6) is -0.786. The number of hydrogen-bond acceptors (Lipinski definition) is 3. The number of carboxylic acids is 1. The van der Waals surface area contributed by atoms with Gasteiger partial charge in [-0.1, -0.05) is 37.3 Å². The molecule has 2 aromatic rings. The van der Waals surface area contributed by atoms with Crippen LogP contribution in [0.4, 0.5) is 0 Å². The number of aliphatic carboxylic acids is 1. The average molecular weight is 261 g/mol.